The minimum Gasteiger partial charge on any atom is -0.345 e. The Balaban J connectivity index is 2.70. The summed E-state index contributed by atoms with van der Waals surface area (Å²) in [6, 6.07) is 0. The Labute approximate surface area is 88.1 Å². The third kappa shape index (κ3) is 0.874. The van der Waals surface area contributed by atoms with Crippen molar-refractivity contribution >= 4 is 38.0 Å². The van der Waals surface area contributed by atoms with Gasteiger partial charge in [-0.15, -0.1) is 0 Å². The second-order valence-corrected chi connectivity index (χ2v) is 4.06. The number of pyridine rings is 1. The fraction of sp³-hybridized carbons (Fsp3) is 0.111. The number of aromatic nitrogens is 4. The Morgan fingerprint density at radius 2 is 2.29 bits per heavy atom. The van der Waals surface area contributed by atoms with Crippen LogP contribution in [-0.4, -0.2) is 19.5 Å². The first kappa shape index (κ1) is 7.99. The molecule has 70 valence electrons. The normalized spacial score (nSPS) is 11.6. The third-order valence-electron chi connectivity index (χ3n) is 2.33. The van der Waals surface area contributed by atoms with Gasteiger partial charge in [0.25, 0.3) is 0 Å². The van der Waals surface area contributed by atoms with E-state index in [4.69, 9.17) is 0 Å². The molecule has 3 heterocycles. The molecular weight excluding hydrogens is 244 g/mol. The standard InChI is InChI=1S/C9H7BrN4/c1-14-4-13-6-3-12-9-7(8(6)14)5(10)2-11-9/h2-4H,1H3,(H,11,12). The van der Waals surface area contributed by atoms with Crippen LogP contribution >= 0.6 is 15.9 Å². The number of rotatable bonds is 0. The van der Waals surface area contributed by atoms with E-state index in [2.05, 4.69) is 30.9 Å². The molecule has 5 heteroatoms. The van der Waals surface area contributed by atoms with E-state index in [0.29, 0.717) is 0 Å². The van der Waals surface area contributed by atoms with E-state index in [1.165, 1.54) is 0 Å². The highest BCUT2D eigenvalue weighted by Crippen LogP contribution is 2.28. The van der Waals surface area contributed by atoms with Gasteiger partial charge >= 0.3 is 0 Å². The van der Waals surface area contributed by atoms with Gasteiger partial charge in [0.15, 0.2) is 0 Å². The van der Waals surface area contributed by atoms with Crippen LogP contribution in [0.4, 0.5) is 0 Å². The van der Waals surface area contributed by atoms with Crippen LogP contribution in [0.5, 0.6) is 0 Å². The van der Waals surface area contributed by atoms with Crippen LogP contribution in [0.1, 0.15) is 0 Å². The summed E-state index contributed by atoms with van der Waals surface area (Å²) in [7, 11) is 1.98. The summed E-state index contributed by atoms with van der Waals surface area (Å²) in [6.07, 6.45) is 5.47. The van der Waals surface area contributed by atoms with E-state index >= 15 is 0 Å². The molecule has 0 radical (unpaired) electrons. The van der Waals surface area contributed by atoms with Gasteiger partial charge < -0.3 is 9.55 Å². The highest BCUT2D eigenvalue weighted by atomic mass is 79.9. The van der Waals surface area contributed by atoms with Crippen molar-refractivity contribution in [1.29, 1.82) is 0 Å². The predicted molar refractivity (Wildman–Crippen MR) is 58.1 cm³/mol. The third-order valence-corrected chi connectivity index (χ3v) is 2.95. The molecule has 0 fully saturated rings. The summed E-state index contributed by atoms with van der Waals surface area (Å²) in [5.41, 5.74) is 2.90. The van der Waals surface area contributed by atoms with Gasteiger partial charge in [0, 0.05) is 17.7 Å². The van der Waals surface area contributed by atoms with E-state index < -0.39 is 0 Å². The molecule has 3 rings (SSSR count). The number of aromatic amines is 1. The molecule has 0 aliphatic heterocycles. The lowest BCUT2D eigenvalue weighted by atomic mass is 10.3. The molecule has 1 N–H and O–H groups in total. The molecule has 0 spiro atoms. The minimum absolute atomic E-state index is 0.882. The van der Waals surface area contributed by atoms with Crippen LogP contribution in [0.25, 0.3) is 22.1 Å². The number of nitrogens with one attached hydrogen (secondary N) is 1. The second-order valence-electron chi connectivity index (χ2n) is 3.21. The van der Waals surface area contributed by atoms with Crippen LogP contribution in [0.3, 0.4) is 0 Å². The van der Waals surface area contributed by atoms with Gasteiger partial charge in [-0.25, -0.2) is 9.97 Å². The fourth-order valence-corrected chi connectivity index (χ4v) is 2.18. The second kappa shape index (κ2) is 2.57. The van der Waals surface area contributed by atoms with Crippen LogP contribution < -0.4 is 0 Å². The van der Waals surface area contributed by atoms with E-state index in [1.807, 2.05) is 17.8 Å². The first-order valence-electron chi connectivity index (χ1n) is 4.20. The number of H-pyrrole nitrogens is 1. The zero-order chi connectivity index (χ0) is 9.71. The maximum atomic E-state index is 4.28. The number of imidazole rings is 1. The molecule has 0 aromatic carbocycles. The molecular formula is C9H7BrN4. The van der Waals surface area contributed by atoms with Crippen LogP contribution in [0, 0.1) is 0 Å². The topological polar surface area (TPSA) is 46.5 Å². The molecule has 0 saturated heterocycles. The van der Waals surface area contributed by atoms with E-state index in [0.717, 1.165) is 26.5 Å². The van der Waals surface area contributed by atoms with Gasteiger partial charge in [0.2, 0.25) is 0 Å². The average Bonchev–Trinajstić information content (AvgIpc) is 2.72. The van der Waals surface area contributed by atoms with Crippen molar-refractivity contribution in [2.45, 2.75) is 0 Å². The molecule has 0 aliphatic carbocycles. The molecule has 14 heavy (non-hydrogen) atoms. The van der Waals surface area contributed by atoms with E-state index in [1.54, 1.807) is 12.5 Å². The number of hydrogen-bond acceptors (Lipinski definition) is 2. The van der Waals surface area contributed by atoms with Gasteiger partial charge in [-0.05, 0) is 15.9 Å². The molecule has 0 bridgehead atoms. The maximum Gasteiger partial charge on any atom is 0.140 e. The molecule has 4 nitrogen and oxygen atoms in total. The van der Waals surface area contributed by atoms with Crippen molar-refractivity contribution in [3.63, 3.8) is 0 Å². The average molecular weight is 251 g/mol. The van der Waals surface area contributed by atoms with Gasteiger partial charge in [0.05, 0.1) is 23.4 Å². The lowest BCUT2D eigenvalue weighted by molar-refractivity contribution is 0.950. The Bertz CT molecular complexity index is 567. The predicted octanol–water partition coefficient (Wildman–Crippen LogP) is 2.21. The number of hydrogen-bond donors (Lipinski definition) is 1. The molecule has 0 unspecified atom stereocenters. The van der Waals surface area contributed by atoms with Crippen molar-refractivity contribution in [2.24, 2.45) is 7.05 Å². The lowest BCUT2D eigenvalue weighted by Crippen LogP contribution is -1.86. The fourth-order valence-electron chi connectivity index (χ4n) is 1.69. The molecule has 0 aliphatic rings. The number of halogens is 1. The largest absolute Gasteiger partial charge is 0.345 e. The highest BCUT2D eigenvalue weighted by Gasteiger charge is 2.10. The molecule has 3 aromatic rings. The Morgan fingerprint density at radius 1 is 1.43 bits per heavy atom. The van der Waals surface area contributed by atoms with Crippen LogP contribution in [0.15, 0.2) is 23.2 Å². The molecule has 3 aromatic heterocycles. The quantitative estimate of drug-likeness (QED) is 0.665. The Kier molecular flexibility index (Phi) is 1.47. The van der Waals surface area contributed by atoms with Crippen molar-refractivity contribution in [3.8, 4) is 0 Å². The molecule has 0 amide bonds. The molecule has 0 atom stereocenters. The first-order valence-corrected chi connectivity index (χ1v) is 4.99. The van der Waals surface area contributed by atoms with E-state index in [9.17, 15) is 0 Å². The number of fused-ring (bicyclic) bond motifs is 3. The highest BCUT2D eigenvalue weighted by molar-refractivity contribution is 9.10. The number of aryl methyl sites for hydroxylation is 1. The van der Waals surface area contributed by atoms with E-state index in [-0.39, 0.29) is 0 Å². The van der Waals surface area contributed by atoms with Gasteiger partial charge in [0.1, 0.15) is 11.2 Å². The Morgan fingerprint density at radius 3 is 3.14 bits per heavy atom. The van der Waals surface area contributed by atoms with Crippen LogP contribution in [0.2, 0.25) is 0 Å². The zero-order valence-electron chi connectivity index (χ0n) is 7.45. The Hall–Kier alpha value is -1.36. The van der Waals surface area contributed by atoms with Gasteiger partial charge in [-0.2, -0.15) is 0 Å². The van der Waals surface area contributed by atoms with Crippen molar-refractivity contribution < 1.29 is 0 Å². The van der Waals surface area contributed by atoms with Gasteiger partial charge in [-0.1, -0.05) is 0 Å². The summed E-state index contributed by atoms with van der Waals surface area (Å²) in [5, 5.41) is 1.09. The monoisotopic (exact) mass is 250 g/mol. The maximum absolute atomic E-state index is 4.28. The summed E-state index contributed by atoms with van der Waals surface area (Å²) < 4.78 is 3.02. The van der Waals surface area contributed by atoms with Crippen molar-refractivity contribution in [3.05, 3.63) is 23.2 Å². The minimum atomic E-state index is 0.882. The zero-order valence-corrected chi connectivity index (χ0v) is 9.04. The summed E-state index contributed by atoms with van der Waals surface area (Å²) >= 11 is 3.49. The molecule has 0 saturated carbocycles. The van der Waals surface area contributed by atoms with Crippen molar-refractivity contribution in [2.75, 3.05) is 0 Å². The van der Waals surface area contributed by atoms with Crippen LogP contribution in [-0.2, 0) is 7.05 Å². The first-order chi connectivity index (χ1) is 6.77. The number of nitrogens with zero attached hydrogens (tertiary/aromatic N) is 3. The smallest absolute Gasteiger partial charge is 0.140 e. The van der Waals surface area contributed by atoms with Crippen molar-refractivity contribution in [1.82, 2.24) is 19.5 Å². The van der Waals surface area contributed by atoms with Gasteiger partial charge in [-0.3, -0.25) is 0 Å². The SMILES string of the molecule is Cn1cnc2cnc3[nH]cc(Br)c3c21. The summed E-state index contributed by atoms with van der Waals surface area (Å²) in [5.74, 6) is 0. The summed E-state index contributed by atoms with van der Waals surface area (Å²) in [4.78, 5) is 11.6. The lowest BCUT2D eigenvalue weighted by Gasteiger charge is -1.96. The summed E-state index contributed by atoms with van der Waals surface area (Å²) in [6.45, 7) is 0.